The molecule has 0 aromatic heterocycles. The summed E-state index contributed by atoms with van der Waals surface area (Å²) in [4.78, 5) is 22.4. The van der Waals surface area contributed by atoms with E-state index in [9.17, 15) is 9.59 Å². The van der Waals surface area contributed by atoms with Crippen molar-refractivity contribution in [2.24, 2.45) is 11.3 Å². The molecule has 1 fully saturated rings. The van der Waals surface area contributed by atoms with Crippen LogP contribution in [0.3, 0.4) is 0 Å². The fourth-order valence-corrected chi connectivity index (χ4v) is 2.63. The molecule has 1 aliphatic rings. The van der Waals surface area contributed by atoms with E-state index in [-0.39, 0.29) is 60.8 Å². The van der Waals surface area contributed by atoms with Crippen molar-refractivity contribution in [3.63, 3.8) is 0 Å². The van der Waals surface area contributed by atoms with Crippen molar-refractivity contribution < 1.29 is 19.8 Å². The molecular formula is C11H20LiNaO4. The van der Waals surface area contributed by atoms with E-state index in [4.69, 9.17) is 10.2 Å². The van der Waals surface area contributed by atoms with Gasteiger partial charge in [-0.25, -0.2) is 0 Å². The van der Waals surface area contributed by atoms with Crippen LogP contribution in [0.1, 0.15) is 45.4 Å². The molecule has 6 heteroatoms. The summed E-state index contributed by atoms with van der Waals surface area (Å²) in [6, 6.07) is 0. The third kappa shape index (κ3) is 4.01. The van der Waals surface area contributed by atoms with Crippen molar-refractivity contribution >= 4 is 60.4 Å². The van der Waals surface area contributed by atoms with Crippen molar-refractivity contribution in [2.45, 2.75) is 45.4 Å². The first-order valence-electron chi connectivity index (χ1n) is 5.52. The third-order valence-corrected chi connectivity index (χ3v) is 3.62. The van der Waals surface area contributed by atoms with Gasteiger partial charge in [-0.2, -0.15) is 0 Å². The number of hydrogen-bond acceptors (Lipinski definition) is 2. The van der Waals surface area contributed by atoms with Crippen LogP contribution in [0.4, 0.5) is 0 Å². The van der Waals surface area contributed by atoms with Gasteiger partial charge in [-0.3, -0.25) is 9.59 Å². The minimum absolute atomic E-state index is 0. The van der Waals surface area contributed by atoms with Crippen LogP contribution >= 0.6 is 0 Å². The van der Waals surface area contributed by atoms with Crippen LogP contribution in [0, 0.1) is 11.3 Å². The Hall–Kier alpha value is 0.537. The first kappa shape index (κ1) is 19.9. The standard InChI is InChI=1S/C11H18O4.Li.Na.2H/c1-2-11(9(12)13,10(14)15)8-6-4-3-5-7-8;;;;/h8H,2-7H2,1H3,(H,12,13)(H,14,15);;;;. The van der Waals surface area contributed by atoms with E-state index in [1.54, 1.807) is 6.92 Å². The van der Waals surface area contributed by atoms with Gasteiger partial charge < -0.3 is 10.2 Å². The number of hydrogen-bond donors (Lipinski definition) is 2. The predicted octanol–water partition coefficient (Wildman–Crippen LogP) is 0.835. The zero-order chi connectivity index (χ0) is 11.5. The van der Waals surface area contributed by atoms with Crippen molar-refractivity contribution in [1.82, 2.24) is 0 Å². The molecule has 0 aromatic carbocycles. The summed E-state index contributed by atoms with van der Waals surface area (Å²) in [6.45, 7) is 1.65. The Labute approximate surface area is 136 Å². The normalized spacial score (nSPS) is 16.5. The molecule has 1 aliphatic carbocycles. The molecular weight excluding hydrogens is 226 g/mol. The summed E-state index contributed by atoms with van der Waals surface area (Å²) >= 11 is 0. The molecule has 0 amide bonds. The Bertz CT molecular complexity index is 250. The van der Waals surface area contributed by atoms with Gasteiger partial charge in [0, 0.05) is 0 Å². The molecule has 1 rings (SSSR count). The molecule has 90 valence electrons. The summed E-state index contributed by atoms with van der Waals surface area (Å²) in [7, 11) is 0. The Kier molecular flexibility index (Phi) is 10.1. The Morgan fingerprint density at radius 3 is 1.82 bits per heavy atom. The van der Waals surface area contributed by atoms with E-state index in [1.165, 1.54) is 0 Å². The summed E-state index contributed by atoms with van der Waals surface area (Å²) in [5.41, 5.74) is -1.56. The van der Waals surface area contributed by atoms with Crippen molar-refractivity contribution in [3.8, 4) is 0 Å². The molecule has 0 radical (unpaired) electrons. The second-order valence-corrected chi connectivity index (χ2v) is 4.27. The van der Waals surface area contributed by atoms with Gasteiger partial charge >= 0.3 is 60.4 Å². The Balaban J connectivity index is 0. The quantitative estimate of drug-likeness (QED) is 0.569. The maximum atomic E-state index is 11.2. The minimum atomic E-state index is -1.56. The van der Waals surface area contributed by atoms with E-state index in [1.807, 2.05) is 0 Å². The van der Waals surface area contributed by atoms with E-state index in [0.717, 1.165) is 32.1 Å². The average molecular weight is 246 g/mol. The Morgan fingerprint density at radius 2 is 1.53 bits per heavy atom. The van der Waals surface area contributed by atoms with Crippen LogP contribution in [-0.4, -0.2) is 70.6 Å². The zero-order valence-corrected chi connectivity index (χ0v) is 9.03. The van der Waals surface area contributed by atoms with E-state index in [2.05, 4.69) is 0 Å². The monoisotopic (exact) mass is 246 g/mol. The fourth-order valence-electron chi connectivity index (χ4n) is 2.63. The predicted molar refractivity (Wildman–Crippen MR) is 68.9 cm³/mol. The van der Waals surface area contributed by atoms with Gasteiger partial charge in [0.2, 0.25) is 0 Å². The second-order valence-electron chi connectivity index (χ2n) is 4.27. The zero-order valence-electron chi connectivity index (χ0n) is 9.03. The van der Waals surface area contributed by atoms with Crippen LogP contribution in [-0.2, 0) is 9.59 Å². The maximum absolute atomic E-state index is 11.2. The molecule has 1 saturated carbocycles. The van der Waals surface area contributed by atoms with Gasteiger partial charge in [-0.15, -0.1) is 0 Å². The first-order chi connectivity index (χ1) is 7.05. The molecule has 0 bridgehead atoms. The van der Waals surface area contributed by atoms with Crippen LogP contribution in [0.5, 0.6) is 0 Å². The molecule has 0 spiro atoms. The number of rotatable bonds is 4. The van der Waals surface area contributed by atoms with Crippen LogP contribution in [0.15, 0.2) is 0 Å². The summed E-state index contributed by atoms with van der Waals surface area (Å²) in [5.74, 6) is -2.56. The molecule has 0 unspecified atom stereocenters. The SMILES string of the molecule is CCC(C(=O)O)(C(=O)O)C1CCCCC1.[LiH].[NaH]. The molecule has 2 N–H and O–H groups in total. The van der Waals surface area contributed by atoms with Crippen molar-refractivity contribution in [2.75, 3.05) is 0 Å². The molecule has 4 nitrogen and oxygen atoms in total. The topological polar surface area (TPSA) is 74.6 Å². The Morgan fingerprint density at radius 1 is 1.12 bits per heavy atom. The van der Waals surface area contributed by atoms with Crippen molar-refractivity contribution in [1.29, 1.82) is 0 Å². The van der Waals surface area contributed by atoms with Gasteiger partial charge in [0.25, 0.3) is 0 Å². The molecule has 17 heavy (non-hydrogen) atoms. The summed E-state index contributed by atoms with van der Waals surface area (Å²) in [6.07, 6.45) is 4.62. The third-order valence-electron chi connectivity index (χ3n) is 3.62. The van der Waals surface area contributed by atoms with Gasteiger partial charge in [0.1, 0.15) is 0 Å². The summed E-state index contributed by atoms with van der Waals surface area (Å²) < 4.78 is 0. The molecule has 0 heterocycles. The molecule has 0 saturated heterocycles. The number of carbonyl (C=O) groups is 2. The van der Waals surface area contributed by atoms with E-state index >= 15 is 0 Å². The second kappa shape index (κ2) is 8.61. The fraction of sp³-hybridized carbons (Fsp3) is 0.818. The molecule has 0 atom stereocenters. The molecule has 0 aromatic rings. The van der Waals surface area contributed by atoms with Gasteiger partial charge in [-0.05, 0) is 25.2 Å². The van der Waals surface area contributed by atoms with Crippen LogP contribution < -0.4 is 0 Å². The van der Waals surface area contributed by atoms with Gasteiger partial charge in [-0.1, -0.05) is 26.2 Å². The van der Waals surface area contributed by atoms with Crippen LogP contribution in [0.25, 0.3) is 0 Å². The van der Waals surface area contributed by atoms with E-state index in [0.29, 0.717) is 0 Å². The van der Waals surface area contributed by atoms with Gasteiger partial charge in [0.05, 0.1) is 0 Å². The molecule has 0 aliphatic heterocycles. The summed E-state index contributed by atoms with van der Waals surface area (Å²) in [5, 5.41) is 18.3. The van der Waals surface area contributed by atoms with Crippen LogP contribution in [0.2, 0.25) is 0 Å². The first-order valence-corrected chi connectivity index (χ1v) is 5.52. The van der Waals surface area contributed by atoms with Gasteiger partial charge in [0.15, 0.2) is 5.41 Å². The number of carboxylic acids is 2. The average Bonchev–Trinajstić information content (AvgIpc) is 2.20. The van der Waals surface area contributed by atoms with E-state index < -0.39 is 17.4 Å². The number of carboxylic acid groups (broad SMARTS) is 2. The van der Waals surface area contributed by atoms with Crippen molar-refractivity contribution in [3.05, 3.63) is 0 Å². The number of aliphatic carboxylic acids is 2.